The molecule has 0 rings (SSSR count). The Balaban J connectivity index is 2.88. The summed E-state index contributed by atoms with van der Waals surface area (Å²) in [7, 11) is 0. The molecule has 3 heteroatoms. The van der Waals surface area contributed by atoms with E-state index >= 15 is 0 Å². The molecule has 0 aliphatic carbocycles. The van der Waals surface area contributed by atoms with Crippen molar-refractivity contribution < 1.29 is 2.69 Å². The van der Waals surface area contributed by atoms with Gasteiger partial charge >= 0.3 is 46.3 Å². The quantitative estimate of drug-likeness (QED) is 0.523. The van der Waals surface area contributed by atoms with Crippen molar-refractivity contribution in [3.8, 4) is 6.26 Å². The van der Waals surface area contributed by atoms with E-state index in [-0.39, 0.29) is 0 Å². The molecule has 0 spiro atoms. The van der Waals surface area contributed by atoms with Gasteiger partial charge in [-0.05, 0) is 0 Å². The molecule has 0 saturated carbocycles. The zero-order valence-corrected chi connectivity index (χ0v) is 8.42. The SMILES string of the molecule is [CH3][Tl]([CH3])[O]C#N. The van der Waals surface area contributed by atoms with E-state index in [1.807, 2.05) is 8.97 Å². The standard InChI is InChI=1S/CHNO.2CH3.Tl/c2-1-3;;;/h3H;2*1H3;/q;;;+1/p-1. The third-order valence-corrected chi connectivity index (χ3v) is 2.53. The fraction of sp³-hybridized carbons (Fsp3) is 0.667. The summed E-state index contributed by atoms with van der Waals surface area (Å²) in [6.07, 6.45) is 1.67. The molecule has 0 heterocycles. The Bertz CT molecular complexity index is 65.7. The van der Waals surface area contributed by atoms with Crippen LogP contribution in [0.1, 0.15) is 0 Å². The van der Waals surface area contributed by atoms with Crippen LogP contribution < -0.4 is 0 Å². The first-order chi connectivity index (χ1) is 2.77. The van der Waals surface area contributed by atoms with Crippen molar-refractivity contribution in [2.75, 3.05) is 0 Å². The number of rotatable bonds is 1. The molecule has 0 aliphatic heterocycles. The zero-order chi connectivity index (χ0) is 4.99. The van der Waals surface area contributed by atoms with E-state index in [1.165, 1.54) is 0 Å². The molecular weight excluding hydrogens is 270 g/mol. The van der Waals surface area contributed by atoms with Crippen LogP contribution in [0.25, 0.3) is 0 Å². The van der Waals surface area contributed by atoms with E-state index in [1.54, 1.807) is 6.26 Å². The van der Waals surface area contributed by atoms with Crippen LogP contribution in [0.2, 0.25) is 8.97 Å². The molecule has 0 N–H and O–H groups in total. The van der Waals surface area contributed by atoms with Crippen molar-refractivity contribution in [1.82, 2.24) is 0 Å². The Labute approximate surface area is 46.5 Å². The Morgan fingerprint density at radius 1 is 1.67 bits per heavy atom. The minimum absolute atomic E-state index is 1.67. The topological polar surface area (TPSA) is 33.0 Å². The predicted molar refractivity (Wildman–Crippen MR) is 24.2 cm³/mol. The normalized spacial score (nSPS) is 6.17. The third kappa shape index (κ3) is 4.21. The first-order valence-corrected chi connectivity index (χ1v) is 12.6. The van der Waals surface area contributed by atoms with E-state index < -0.39 is 23.2 Å². The van der Waals surface area contributed by atoms with Gasteiger partial charge in [0.25, 0.3) is 0 Å². The van der Waals surface area contributed by atoms with E-state index in [9.17, 15) is 0 Å². The second-order valence-corrected chi connectivity index (χ2v) is 10.3. The summed E-state index contributed by atoms with van der Waals surface area (Å²) in [4.78, 5) is 0. The maximum absolute atomic E-state index is 7.82. The molecule has 2 nitrogen and oxygen atoms in total. The molecule has 0 atom stereocenters. The van der Waals surface area contributed by atoms with Gasteiger partial charge in [-0.1, -0.05) is 0 Å². The zero-order valence-electron chi connectivity index (χ0n) is 3.93. The van der Waals surface area contributed by atoms with Crippen molar-refractivity contribution >= 4 is 23.2 Å². The van der Waals surface area contributed by atoms with E-state index in [2.05, 4.69) is 2.69 Å². The molecule has 6 heavy (non-hydrogen) atoms. The Morgan fingerprint density at radius 2 is 2.17 bits per heavy atom. The fourth-order valence-electron chi connectivity index (χ4n) is 0.105. The van der Waals surface area contributed by atoms with Crippen LogP contribution >= 0.6 is 0 Å². The van der Waals surface area contributed by atoms with Crippen LogP contribution in [0.5, 0.6) is 0 Å². The molecule has 0 bridgehead atoms. The predicted octanol–water partition coefficient (Wildman–Crippen LogP) is 0.735. The molecule has 0 aromatic heterocycles. The number of hydrogen-bond acceptors (Lipinski definition) is 2. The summed E-state index contributed by atoms with van der Waals surface area (Å²) in [5, 5.41) is 7.82. The number of nitrogens with zero attached hydrogens (tertiary/aromatic N) is 1. The van der Waals surface area contributed by atoms with Crippen molar-refractivity contribution in [3.05, 3.63) is 0 Å². The first kappa shape index (κ1) is 6.21. The molecule has 0 saturated heterocycles. The van der Waals surface area contributed by atoms with Gasteiger partial charge in [-0.3, -0.25) is 0 Å². The summed E-state index contributed by atoms with van der Waals surface area (Å²) in [6, 6.07) is 0. The van der Waals surface area contributed by atoms with Gasteiger partial charge in [-0.25, -0.2) is 0 Å². The van der Waals surface area contributed by atoms with Gasteiger partial charge in [0.15, 0.2) is 0 Å². The van der Waals surface area contributed by atoms with E-state index in [0.29, 0.717) is 0 Å². The molecular formula is C3H6NOTl. The second kappa shape index (κ2) is 3.40. The van der Waals surface area contributed by atoms with Crippen LogP contribution in [-0.4, -0.2) is 23.2 Å². The molecule has 0 aromatic rings. The van der Waals surface area contributed by atoms with Crippen molar-refractivity contribution in [1.29, 1.82) is 5.26 Å². The van der Waals surface area contributed by atoms with Crippen LogP contribution in [0, 0.1) is 11.5 Å². The minimum atomic E-state index is -1.67. The summed E-state index contributed by atoms with van der Waals surface area (Å²) in [6.45, 7) is 0. The number of hydrogen-bond donors (Lipinski definition) is 0. The van der Waals surface area contributed by atoms with Crippen LogP contribution in [-0.2, 0) is 2.69 Å². The van der Waals surface area contributed by atoms with Gasteiger partial charge in [0, 0.05) is 0 Å². The Hall–Kier alpha value is 0.212. The van der Waals surface area contributed by atoms with Gasteiger partial charge < -0.3 is 0 Å². The van der Waals surface area contributed by atoms with E-state index in [4.69, 9.17) is 5.26 Å². The Morgan fingerprint density at radius 3 is 2.17 bits per heavy atom. The third-order valence-electron chi connectivity index (χ3n) is 0.288. The Kier molecular flexibility index (Phi) is 3.52. The summed E-state index contributed by atoms with van der Waals surface area (Å²) >= 11 is -1.67. The number of nitriles is 1. The fourth-order valence-corrected chi connectivity index (χ4v) is 0.925. The molecule has 0 aliphatic rings. The summed E-state index contributed by atoms with van der Waals surface area (Å²) in [5.41, 5.74) is 0. The van der Waals surface area contributed by atoms with Crippen molar-refractivity contribution in [3.63, 3.8) is 0 Å². The molecule has 32 valence electrons. The first-order valence-electron chi connectivity index (χ1n) is 1.82. The summed E-state index contributed by atoms with van der Waals surface area (Å²) in [5.74, 6) is 0. The molecule has 0 radical (unpaired) electrons. The average Bonchev–Trinajstić information content (AvgIpc) is 1.35. The van der Waals surface area contributed by atoms with Crippen molar-refractivity contribution in [2.45, 2.75) is 8.97 Å². The van der Waals surface area contributed by atoms with Gasteiger partial charge in [-0.2, -0.15) is 0 Å². The maximum atomic E-state index is 7.82. The second-order valence-electron chi connectivity index (χ2n) is 1.26. The van der Waals surface area contributed by atoms with Gasteiger partial charge in [0.1, 0.15) is 0 Å². The van der Waals surface area contributed by atoms with Gasteiger partial charge in [0.05, 0.1) is 0 Å². The van der Waals surface area contributed by atoms with Crippen molar-refractivity contribution in [2.24, 2.45) is 0 Å². The van der Waals surface area contributed by atoms with Gasteiger partial charge in [0.2, 0.25) is 0 Å². The average molecular weight is 276 g/mol. The van der Waals surface area contributed by atoms with Crippen LogP contribution in [0.4, 0.5) is 0 Å². The monoisotopic (exact) mass is 277 g/mol. The van der Waals surface area contributed by atoms with Gasteiger partial charge in [-0.15, -0.1) is 0 Å². The van der Waals surface area contributed by atoms with E-state index in [0.717, 1.165) is 0 Å². The molecule has 0 unspecified atom stereocenters. The molecule has 0 fully saturated rings. The van der Waals surface area contributed by atoms with Crippen LogP contribution in [0.15, 0.2) is 0 Å². The van der Waals surface area contributed by atoms with Crippen LogP contribution in [0.3, 0.4) is 0 Å². The molecule has 0 aromatic carbocycles. The molecule has 0 amide bonds. The summed E-state index contributed by atoms with van der Waals surface area (Å²) < 4.78 is 8.63.